The molecule has 25 heavy (non-hydrogen) atoms. The number of nitrogens with zero attached hydrogens (tertiary/aromatic N) is 2. The molecule has 0 atom stereocenters. The lowest BCUT2D eigenvalue weighted by atomic mass is 10.2. The molecule has 0 radical (unpaired) electrons. The minimum atomic E-state index is -3.55. The Labute approximate surface area is 147 Å². The molecular weight excluding hydrogens is 342 g/mol. The first-order valence-electron chi connectivity index (χ1n) is 7.64. The van der Waals surface area contributed by atoms with E-state index in [1.54, 1.807) is 37.6 Å². The summed E-state index contributed by atoms with van der Waals surface area (Å²) in [5, 5.41) is 2.72. The number of amides is 1. The average molecular weight is 363 g/mol. The van der Waals surface area contributed by atoms with Gasteiger partial charge in [0.15, 0.2) is 0 Å². The molecule has 0 unspecified atom stereocenters. The van der Waals surface area contributed by atoms with E-state index in [2.05, 4.69) is 10.3 Å². The van der Waals surface area contributed by atoms with Gasteiger partial charge in [0, 0.05) is 18.3 Å². The maximum Gasteiger partial charge on any atom is 0.235 e. The van der Waals surface area contributed by atoms with Crippen LogP contribution in [0.2, 0.25) is 0 Å². The number of hydrogen-bond acceptors (Lipinski definition) is 5. The number of benzene rings is 1. The molecule has 0 bridgehead atoms. The number of aromatic nitrogens is 1. The molecule has 1 N–H and O–H groups in total. The number of methoxy groups -OCH3 is 1. The normalized spacial score (nSPS) is 11.3. The van der Waals surface area contributed by atoms with Crippen molar-refractivity contribution in [3.05, 3.63) is 59.9 Å². The van der Waals surface area contributed by atoms with Crippen LogP contribution >= 0.6 is 0 Å². The molecule has 1 aromatic carbocycles. The van der Waals surface area contributed by atoms with E-state index in [0.717, 1.165) is 16.1 Å². The van der Waals surface area contributed by atoms with Crippen LogP contribution in [0.3, 0.4) is 0 Å². The van der Waals surface area contributed by atoms with E-state index in [4.69, 9.17) is 4.74 Å². The lowest BCUT2D eigenvalue weighted by Crippen LogP contribution is -2.39. The number of sulfonamides is 1. The van der Waals surface area contributed by atoms with Gasteiger partial charge in [-0.2, -0.15) is 4.31 Å². The number of rotatable bonds is 8. The van der Waals surface area contributed by atoms with E-state index < -0.39 is 15.9 Å². The molecule has 0 aliphatic carbocycles. The summed E-state index contributed by atoms with van der Waals surface area (Å²) in [6.45, 7) is 0.0242. The zero-order valence-electron chi connectivity index (χ0n) is 14.2. The minimum absolute atomic E-state index is 0.0434. The topological polar surface area (TPSA) is 88.6 Å². The number of hydrogen-bond donors (Lipinski definition) is 1. The van der Waals surface area contributed by atoms with Crippen LogP contribution in [0, 0.1) is 0 Å². The Hall–Kier alpha value is -2.45. The van der Waals surface area contributed by atoms with Crippen molar-refractivity contribution in [1.29, 1.82) is 0 Å². The molecule has 2 aromatic rings. The number of carbonyl (C=O) groups is 1. The fourth-order valence-corrected chi connectivity index (χ4v) is 2.94. The van der Waals surface area contributed by atoms with Gasteiger partial charge in [-0.25, -0.2) is 8.42 Å². The molecule has 0 saturated carbocycles. The van der Waals surface area contributed by atoms with Crippen LogP contribution in [0.25, 0.3) is 0 Å². The smallest absolute Gasteiger partial charge is 0.235 e. The van der Waals surface area contributed by atoms with E-state index in [9.17, 15) is 13.2 Å². The van der Waals surface area contributed by atoms with Gasteiger partial charge in [0.1, 0.15) is 5.75 Å². The van der Waals surface area contributed by atoms with E-state index >= 15 is 0 Å². The molecule has 0 aliphatic rings. The summed E-state index contributed by atoms with van der Waals surface area (Å²) in [5.41, 5.74) is 1.39. The lowest BCUT2D eigenvalue weighted by molar-refractivity contribution is -0.121. The van der Waals surface area contributed by atoms with Crippen molar-refractivity contribution in [3.63, 3.8) is 0 Å². The van der Waals surface area contributed by atoms with Gasteiger partial charge >= 0.3 is 0 Å². The predicted octanol–water partition coefficient (Wildman–Crippen LogP) is 1.17. The fraction of sp³-hybridized carbons (Fsp3) is 0.294. The minimum Gasteiger partial charge on any atom is -0.496 e. The van der Waals surface area contributed by atoms with Crippen molar-refractivity contribution in [2.24, 2.45) is 0 Å². The van der Waals surface area contributed by atoms with Crippen LogP contribution in [-0.2, 0) is 27.9 Å². The van der Waals surface area contributed by atoms with Crippen LogP contribution < -0.4 is 10.1 Å². The second-order valence-electron chi connectivity index (χ2n) is 5.44. The van der Waals surface area contributed by atoms with Gasteiger partial charge in [-0.1, -0.05) is 24.3 Å². The highest BCUT2D eigenvalue weighted by molar-refractivity contribution is 7.88. The Morgan fingerprint density at radius 1 is 1.20 bits per heavy atom. The SMILES string of the molecule is COc1ccccc1CNC(=O)CN(Cc1ccccn1)S(C)(=O)=O. The summed E-state index contributed by atoms with van der Waals surface area (Å²) in [6.07, 6.45) is 2.65. The highest BCUT2D eigenvalue weighted by Gasteiger charge is 2.21. The van der Waals surface area contributed by atoms with Gasteiger partial charge in [0.05, 0.1) is 32.1 Å². The molecule has 0 saturated heterocycles. The van der Waals surface area contributed by atoms with E-state index in [-0.39, 0.29) is 19.6 Å². The van der Waals surface area contributed by atoms with E-state index in [1.807, 2.05) is 18.2 Å². The maximum atomic E-state index is 12.2. The van der Waals surface area contributed by atoms with Gasteiger partial charge in [-0.15, -0.1) is 0 Å². The summed E-state index contributed by atoms with van der Waals surface area (Å²) in [6, 6.07) is 12.5. The summed E-state index contributed by atoms with van der Waals surface area (Å²) in [4.78, 5) is 16.3. The van der Waals surface area contributed by atoms with Crippen LogP contribution in [0.1, 0.15) is 11.3 Å². The lowest BCUT2D eigenvalue weighted by Gasteiger charge is -2.19. The zero-order chi connectivity index (χ0) is 18.3. The molecule has 1 heterocycles. The first-order chi connectivity index (χ1) is 11.9. The Morgan fingerprint density at radius 2 is 1.92 bits per heavy atom. The molecule has 1 aromatic heterocycles. The number of para-hydroxylation sites is 1. The van der Waals surface area contributed by atoms with Gasteiger partial charge < -0.3 is 10.1 Å². The highest BCUT2D eigenvalue weighted by atomic mass is 32.2. The van der Waals surface area contributed by atoms with Crippen molar-refractivity contribution >= 4 is 15.9 Å². The quantitative estimate of drug-likeness (QED) is 0.760. The molecule has 0 aliphatic heterocycles. The Morgan fingerprint density at radius 3 is 2.56 bits per heavy atom. The summed E-state index contributed by atoms with van der Waals surface area (Å²) >= 11 is 0. The Kier molecular flexibility index (Phi) is 6.49. The average Bonchev–Trinajstić information content (AvgIpc) is 2.59. The molecule has 0 spiro atoms. The number of nitrogens with one attached hydrogen (secondary N) is 1. The zero-order valence-corrected chi connectivity index (χ0v) is 15.0. The molecule has 134 valence electrons. The first kappa shape index (κ1) is 18.9. The molecule has 0 fully saturated rings. The summed E-state index contributed by atoms with van der Waals surface area (Å²) in [5.74, 6) is 0.267. The summed E-state index contributed by atoms with van der Waals surface area (Å²) in [7, 11) is -1.99. The van der Waals surface area contributed by atoms with Gasteiger partial charge in [0.25, 0.3) is 0 Å². The third-order valence-corrected chi connectivity index (χ3v) is 4.72. The molecular formula is C17H21N3O4S. The van der Waals surface area contributed by atoms with Gasteiger partial charge in [0.2, 0.25) is 15.9 Å². The Balaban J connectivity index is 2.00. The molecule has 2 rings (SSSR count). The van der Waals surface area contributed by atoms with Crippen LogP contribution in [-0.4, -0.2) is 43.5 Å². The molecule has 1 amide bonds. The van der Waals surface area contributed by atoms with Crippen molar-refractivity contribution in [2.75, 3.05) is 19.9 Å². The number of carbonyl (C=O) groups excluding carboxylic acids is 1. The third-order valence-electron chi connectivity index (χ3n) is 3.52. The standard InChI is InChI=1S/C17H21N3O4S/c1-24-16-9-4-3-7-14(16)11-19-17(21)13-20(25(2,22)23)12-15-8-5-6-10-18-15/h3-10H,11-13H2,1-2H3,(H,19,21). The van der Waals surface area contributed by atoms with Crippen LogP contribution in [0.4, 0.5) is 0 Å². The third kappa shape index (κ3) is 5.84. The number of ether oxygens (including phenoxy) is 1. The predicted molar refractivity (Wildman–Crippen MR) is 94.3 cm³/mol. The first-order valence-corrected chi connectivity index (χ1v) is 9.48. The van der Waals surface area contributed by atoms with E-state index in [1.165, 1.54) is 0 Å². The number of pyridine rings is 1. The van der Waals surface area contributed by atoms with Crippen molar-refractivity contribution in [3.8, 4) is 5.75 Å². The fourth-order valence-electron chi connectivity index (χ4n) is 2.22. The Bertz CT molecular complexity index is 810. The van der Waals surface area contributed by atoms with Crippen LogP contribution in [0.5, 0.6) is 5.75 Å². The monoisotopic (exact) mass is 363 g/mol. The van der Waals surface area contributed by atoms with Crippen molar-refractivity contribution in [2.45, 2.75) is 13.1 Å². The van der Waals surface area contributed by atoms with E-state index in [0.29, 0.717) is 11.4 Å². The van der Waals surface area contributed by atoms with Crippen molar-refractivity contribution in [1.82, 2.24) is 14.6 Å². The second kappa shape index (κ2) is 8.59. The van der Waals surface area contributed by atoms with Gasteiger partial charge in [-0.3, -0.25) is 9.78 Å². The summed E-state index contributed by atoms with van der Waals surface area (Å²) < 4.78 is 30.2. The molecule has 7 nitrogen and oxygen atoms in total. The van der Waals surface area contributed by atoms with Crippen LogP contribution in [0.15, 0.2) is 48.7 Å². The largest absolute Gasteiger partial charge is 0.496 e. The highest BCUT2D eigenvalue weighted by Crippen LogP contribution is 2.16. The van der Waals surface area contributed by atoms with Gasteiger partial charge in [-0.05, 0) is 18.2 Å². The maximum absolute atomic E-state index is 12.2. The second-order valence-corrected chi connectivity index (χ2v) is 7.42. The molecule has 8 heteroatoms. The van der Waals surface area contributed by atoms with Crippen molar-refractivity contribution < 1.29 is 17.9 Å².